The number of ether oxygens (including phenoxy) is 2. The molecule has 1 unspecified atom stereocenters. The van der Waals surface area contributed by atoms with Gasteiger partial charge in [0.05, 0.1) is 12.5 Å². The third kappa shape index (κ3) is 5.10. The molecule has 1 N–H and O–H groups in total. The molecule has 1 heterocycles. The van der Waals surface area contributed by atoms with Crippen LogP contribution in [-0.4, -0.2) is 18.6 Å². The summed E-state index contributed by atoms with van der Waals surface area (Å²) in [7, 11) is 0. The number of amides is 1. The van der Waals surface area contributed by atoms with Crippen molar-refractivity contribution in [3.05, 3.63) is 60.2 Å². The van der Waals surface area contributed by atoms with E-state index in [9.17, 15) is 4.79 Å². The molecule has 2 aromatic rings. The van der Waals surface area contributed by atoms with Crippen molar-refractivity contribution in [3.63, 3.8) is 0 Å². The molecule has 1 saturated heterocycles. The highest BCUT2D eigenvalue weighted by Crippen LogP contribution is 2.19. The number of anilines is 1. The zero-order valence-corrected chi connectivity index (χ0v) is 13.7. The van der Waals surface area contributed by atoms with Crippen molar-refractivity contribution in [2.45, 2.75) is 38.4 Å². The van der Waals surface area contributed by atoms with Crippen LogP contribution in [0.4, 0.5) is 5.69 Å². The lowest BCUT2D eigenvalue weighted by Gasteiger charge is -2.21. The van der Waals surface area contributed by atoms with Crippen LogP contribution in [0.5, 0.6) is 5.75 Å². The molecule has 1 aliphatic heterocycles. The van der Waals surface area contributed by atoms with E-state index >= 15 is 0 Å². The van der Waals surface area contributed by atoms with Crippen LogP contribution in [0.3, 0.4) is 0 Å². The van der Waals surface area contributed by atoms with Crippen molar-refractivity contribution in [1.29, 1.82) is 0 Å². The van der Waals surface area contributed by atoms with E-state index < -0.39 is 0 Å². The Bertz CT molecular complexity index is 634. The van der Waals surface area contributed by atoms with Crippen molar-refractivity contribution < 1.29 is 14.3 Å². The van der Waals surface area contributed by atoms with Gasteiger partial charge >= 0.3 is 0 Å². The lowest BCUT2D eigenvalue weighted by atomic mass is 10.1. The molecule has 2 aromatic carbocycles. The Labute approximate surface area is 142 Å². The topological polar surface area (TPSA) is 47.6 Å². The number of hydrogen-bond donors (Lipinski definition) is 1. The van der Waals surface area contributed by atoms with Crippen molar-refractivity contribution in [2.24, 2.45) is 0 Å². The monoisotopic (exact) mass is 325 g/mol. The number of hydrogen-bond acceptors (Lipinski definition) is 3. The third-order valence-corrected chi connectivity index (χ3v) is 4.07. The Balaban J connectivity index is 1.46. The van der Waals surface area contributed by atoms with Gasteiger partial charge in [-0.2, -0.15) is 0 Å². The van der Waals surface area contributed by atoms with E-state index in [4.69, 9.17) is 9.47 Å². The summed E-state index contributed by atoms with van der Waals surface area (Å²) < 4.78 is 11.3. The highest BCUT2D eigenvalue weighted by atomic mass is 16.5. The Morgan fingerprint density at radius 1 is 1.08 bits per heavy atom. The molecule has 24 heavy (non-hydrogen) atoms. The number of rotatable bonds is 6. The molecule has 126 valence electrons. The molecule has 4 heteroatoms. The summed E-state index contributed by atoms with van der Waals surface area (Å²) in [5.74, 6) is 0.785. The summed E-state index contributed by atoms with van der Waals surface area (Å²) in [5.41, 5.74) is 1.91. The number of nitrogens with one attached hydrogen (secondary N) is 1. The summed E-state index contributed by atoms with van der Waals surface area (Å²) in [6.45, 7) is 1.30. The fourth-order valence-corrected chi connectivity index (χ4v) is 2.76. The van der Waals surface area contributed by atoms with Crippen LogP contribution in [0.15, 0.2) is 54.6 Å². The maximum Gasteiger partial charge on any atom is 0.226 e. The average molecular weight is 325 g/mol. The third-order valence-electron chi connectivity index (χ3n) is 4.07. The Morgan fingerprint density at radius 2 is 1.88 bits per heavy atom. The largest absolute Gasteiger partial charge is 0.489 e. The normalized spacial score (nSPS) is 17.2. The minimum Gasteiger partial charge on any atom is -0.489 e. The number of carbonyl (C=O) groups excluding carboxylic acids is 1. The highest BCUT2D eigenvalue weighted by molar-refractivity contribution is 5.91. The molecule has 1 atom stereocenters. The van der Waals surface area contributed by atoms with Crippen LogP contribution in [0.1, 0.15) is 31.2 Å². The first-order valence-corrected chi connectivity index (χ1v) is 8.48. The standard InChI is InChI=1S/C20H23NO3/c22-20(14-19-8-4-5-13-23-19)21-17-9-11-18(12-10-17)24-15-16-6-2-1-3-7-16/h1-3,6-7,9-12,19H,4-5,8,13-15H2,(H,21,22). The van der Waals surface area contributed by atoms with E-state index in [-0.39, 0.29) is 12.0 Å². The molecule has 3 rings (SSSR count). The predicted molar refractivity (Wildman–Crippen MR) is 94.1 cm³/mol. The molecular formula is C20H23NO3. The summed E-state index contributed by atoms with van der Waals surface area (Å²) in [5, 5.41) is 2.92. The van der Waals surface area contributed by atoms with E-state index in [1.165, 1.54) is 0 Å². The lowest BCUT2D eigenvalue weighted by Crippen LogP contribution is -2.25. The molecule has 0 aliphatic carbocycles. The Kier molecular flexibility index (Phi) is 5.85. The Morgan fingerprint density at radius 3 is 2.58 bits per heavy atom. The quantitative estimate of drug-likeness (QED) is 0.867. The molecule has 4 nitrogen and oxygen atoms in total. The van der Waals surface area contributed by atoms with Gasteiger partial charge in [-0.3, -0.25) is 4.79 Å². The van der Waals surface area contributed by atoms with E-state index in [1.54, 1.807) is 0 Å². The summed E-state index contributed by atoms with van der Waals surface area (Å²) in [6.07, 6.45) is 3.70. The molecule has 1 fully saturated rings. The van der Waals surface area contributed by atoms with Crippen LogP contribution in [-0.2, 0) is 16.1 Å². The van der Waals surface area contributed by atoms with Gasteiger partial charge in [-0.05, 0) is 49.1 Å². The van der Waals surface area contributed by atoms with E-state index in [0.717, 1.165) is 42.9 Å². The average Bonchev–Trinajstić information content (AvgIpc) is 2.63. The maximum atomic E-state index is 12.1. The minimum atomic E-state index is -0.000135. The first kappa shape index (κ1) is 16.5. The van der Waals surface area contributed by atoms with Crippen LogP contribution in [0.25, 0.3) is 0 Å². The summed E-state index contributed by atoms with van der Waals surface area (Å²) in [6, 6.07) is 17.5. The summed E-state index contributed by atoms with van der Waals surface area (Å²) in [4.78, 5) is 12.1. The van der Waals surface area contributed by atoms with Crippen molar-refractivity contribution in [3.8, 4) is 5.75 Å². The van der Waals surface area contributed by atoms with Gasteiger partial charge in [0.2, 0.25) is 5.91 Å². The molecule has 0 saturated carbocycles. The molecule has 0 radical (unpaired) electrons. The molecule has 0 spiro atoms. The second kappa shape index (κ2) is 8.50. The number of benzene rings is 2. The highest BCUT2D eigenvalue weighted by Gasteiger charge is 2.17. The van der Waals surface area contributed by atoms with Gasteiger partial charge in [0.25, 0.3) is 0 Å². The van der Waals surface area contributed by atoms with E-state index in [1.807, 2.05) is 54.6 Å². The first-order chi connectivity index (χ1) is 11.8. The van der Waals surface area contributed by atoms with Gasteiger partial charge in [-0.25, -0.2) is 0 Å². The molecule has 1 aliphatic rings. The van der Waals surface area contributed by atoms with E-state index in [2.05, 4.69) is 5.32 Å². The van der Waals surface area contributed by atoms with Crippen LogP contribution < -0.4 is 10.1 Å². The fraction of sp³-hybridized carbons (Fsp3) is 0.350. The van der Waals surface area contributed by atoms with Crippen LogP contribution >= 0.6 is 0 Å². The van der Waals surface area contributed by atoms with Gasteiger partial charge < -0.3 is 14.8 Å². The van der Waals surface area contributed by atoms with Crippen molar-refractivity contribution in [1.82, 2.24) is 0 Å². The molecule has 0 aromatic heterocycles. The zero-order chi connectivity index (χ0) is 16.6. The SMILES string of the molecule is O=C(CC1CCCCO1)Nc1ccc(OCc2ccccc2)cc1. The smallest absolute Gasteiger partial charge is 0.226 e. The van der Waals surface area contributed by atoms with Crippen molar-refractivity contribution >= 4 is 11.6 Å². The van der Waals surface area contributed by atoms with Gasteiger partial charge in [0.15, 0.2) is 0 Å². The molecule has 1 amide bonds. The maximum absolute atomic E-state index is 12.1. The fourth-order valence-electron chi connectivity index (χ4n) is 2.76. The lowest BCUT2D eigenvalue weighted by molar-refractivity contribution is -0.119. The van der Waals surface area contributed by atoms with Gasteiger partial charge in [-0.15, -0.1) is 0 Å². The Hall–Kier alpha value is -2.33. The first-order valence-electron chi connectivity index (χ1n) is 8.48. The minimum absolute atomic E-state index is 0.000135. The van der Waals surface area contributed by atoms with Gasteiger partial charge in [0.1, 0.15) is 12.4 Å². The van der Waals surface area contributed by atoms with E-state index in [0.29, 0.717) is 13.0 Å². The molecular weight excluding hydrogens is 302 g/mol. The number of carbonyl (C=O) groups is 1. The second-order valence-corrected chi connectivity index (χ2v) is 6.04. The summed E-state index contributed by atoms with van der Waals surface area (Å²) >= 11 is 0. The molecule has 0 bridgehead atoms. The zero-order valence-electron chi connectivity index (χ0n) is 13.7. The van der Waals surface area contributed by atoms with Crippen LogP contribution in [0, 0.1) is 0 Å². The predicted octanol–water partition coefficient (Wildman–Crippen LogP) is 4.16. The van der Waals surface area contributed by atoms with Crippen LogP contribution in [0.2, 0.25) is 0 Å². The van der Waals surface area contributed by atoms with Gasteiger partial charge in [-0.1, -0.05) is 30.3 Å². The van der Waals surface area contributed by atoms with Crippen molar-refractivity contribution in [2.75, 3.05) is 11.9 Å². The second-order valence-electron chi connectivity index (χ2n) is 6.04. The van der Waals surface area contributed by atoms with Gasteiger partial charge in [0, 0.05) is 12.3 Å².